The smallest absolute Gasteiger partial charge is 0.326 e. The fourth-order valence-electron chi connectivity index (χ4n) is 7.79. The fourth-order valence-corrected chi connectivity index (χ4v) is 7.79. The van der Waals surface area contributed by atoms with Crippen LogP contribution in [0, 0.1) is 34.5 Å². The van der Waals surface area contributed by atoms with Crippen LogP contribution in [0.3, 0.4) is 0 Å². The van der Waals surface area contributed by atoms with Gasteiger partial charge in [-0.05, 0) is 98.9 Å². The molecule has 0 radical (unpaired) electrons. The molecular weight excluding hydrogens is 432 g/mol. The first kappa shape index (κ1) is 25.2. The minimum Gasteiger partial charge on any atom is -0.480 e. The molecule has 3 N–H and O–H groups in total. The van der Waals surface area contributed by atoms with E-state index in [0.29, 0.717) is 17.8 Å². The van der Waals surface area contributed by atoms with Crippen LogP contribution in [0.15, 0.2) is 16.8 Å². The van der Waals surface area contributed by atoms with E-state index in [9.17, 15) is 19.8 Å². The van der Waals surface area contributed by atoms with Gasteiger partial charge < -0.3 is 20.4 Å². The van der Waals surface area contributed by atoms with Gasteiger partial charge in [0, 0.05) is 0 Å². The summed E-state index contributed by atoms with van der Waals surface area (Å²) in [5, 5.41) is 27.0. The zero-order valence-electron chi connectivity index (χ0n) is 21.4. The number of nitrogens with zero attached hydrogens (tertiary/aromatic N) is 1. The molecule has 1 amide bonds. The third-order valence-corrected chi connectivity index (χ3v) is 10.2. The van der Waals surface area contributed by atoms with Crippen molar-refractivity contribution in [3.8, 4) is 0 Å². The SMILES string of the molecule is CC(C)[C@H](NC(=O)CO/N=C1\C=C2CC[C@@H]3[C@H](CC[C@@]4(C)[C@H]3CC[C@]4(C)O)[C@@]2(C)CC1)C(=O)O. The number of aliphatic carboxylic acids is 1. The van der Waals surface area contributed by atoms with Crippen LogP contribution in [0.5, 0.6) is 0 Å². The number of aliphatic hydroxyl groups is 1. The van der Waals surface area contributed by atoms with Crippen LogP contribution in [0.2, 0.25) is 0 Å². The second-order valence-electron chi connectivity index (χ2n) is 12.3. The lowest BCUT2D eigenvalue weighted by Gasteiger charge is -2.59. The molecule has 0 bridgehead atoms. The number of carbonyl (C=O) groups excluding carboxylic acids is 1. The first-order valence-electron chi connectivity index (χ1n) is 13.0. The molecule has 34 heavy (non-hydrogen) atoms. The molecule has 4 aliphatic rings. The fraction of sp³-hybridized carbons (Fsp3) is 0.815. The summed E-state index contributed by atoms with van der Waals surface area (Å²) < 4.78 is 0. The first-order chi connectivity index (χ1) is 15.9. The number of oxime groups is 1. The summed E-state index contributed by atoms with van der Waals surface area (Å²) in [5.41, 5.74) is 1.97. The summed E-state index contributed by atoms with van der Waals surface area (Å²) in [6.07, 6.45) is 10.6. The van der Waals surface area contributed by atoms with E-state index in [4.69, 9.17) is 4.84 Å². The van der Waals surface area contributed by atoms with Crippen molar-refractivity contribution in [2.24, 2.45) is 39.7 Å². The molecule has 0 aromatic carbocycles. The van der Waals surface area contributed by atoms with Crippen molar-refractivity contribution in [2.75, 3.05) is 6.61 Å². The van der Waals surface area contributed by atoms with E-state index in [1.807, 2.05) is 0 Å². The maximum absolute atomic E-state index is 12.1. The second-order valence-corrected chi connectivity index (χ2v) is 12.3. The van der Waals surface area contributed by atoms with Crippen LogP contribution < -0.4 is 5.32 Å². The topological polar surface area (TPSA) is 108 Å². The van der Waals surface area contributed by atoms with Crippen molar-refractivity contribution in [3.63, 3.8) is 0 Å². The lowest BCUT2D eigenvalue weighted by molar-refractivity contribution is -0.143. The third kappa shape index (κ3) is 4.18. The second kappa shape index (κ2) is 8.96. The van der Waals surface area contributed by atoms with Crippen molar-refractivity contribution in [2.45, 2.75) is 97.6 Å². The van der Waals surface area contributed by atoms with Gasteiger partial charge in [0.2, 0.25) is 0 Å². The van der Waals surface area contributed by atoms with Gasteiger partial charge in [0.05, 0.1) is 11.3 Å². The van der Waals surface area contributed by atoms with Gasteiger partial charge in [-0.25, -0.2) is 4.79 Å². The summed E-state index contributed by atoms with van der Waals surface area (Å²) >= 11 is 0. The van der Waals surface area contributed by atoms with Crippen LogP contribution >= 0.6 is 0 Å². The number of rotatable bonds is 6. The number of carboxylic acid groups (broad SMARTS) is 1. The van der Waals surface area contributed by atoms with E-state index in [1.54, 1.807) is 13.8 Å². The first-order valence-corrected chi connectivity index (χ1v) is 13.0. The molecule has 0 aromatic rings. The highest BCUT2D eigenvalue weighted by Crippen LogP contribution is 2.67. The minimum absolute atomic E-state index is 0.0384. The van der Waals surface area contributed by atoms with Crippen molar-refractivity contribution >= 4 is 17.6 Å². The van der Waals surface area contributed by atoms with Gasteiger partial charge in [-0.1, -0.05) is 38.4 Å². The Bertz CT molecular complexity index is 893. The van der Waals surface area contributed by atoms with E-state index in [1.165, 1.54) is 18.4 Å². The lowest BCUT2D eigenvalue weighted by atomic mass is 9.46. The zero-order chi connectivity index (χ0) is 24.9. The van der Waals surface area contributed by atoms with Gasteiger partial charge in [-0.2, -0.15) is 0 Å². The number of amides is 1. The van der Waals surface area contributed by atoms with Gasteiger partial charge >= 0.3 is 5.97 Å². The maximum Gasteiger partial charge on any atom is 0.326 e. The molecule has 3 saturated carbocycles. The highest BCUT2D eigenvalue weighted by Gasteiger charge is 2.62. The van der Waals surface area contributed by atoms with Gasteiger partial charge in [0.15, 0.2) is 6.61 Å². The maximum atomic E-state index is 12.1. The van der Waals surface area contributed by atoms with Crippen molar-refractivity contribution in [3.05, 3.63) is 11.6 Å². The molecule has 190 valence electrons. The minimum atomic E-state index is -1.05. The molecule has 4 aliphatic carbocycles. The Kier molecular flexibility index (Phi) is 6.64. The van der Waals surface area contributed by atoms with E-state index in [0.717, 1.165) is 44.2 Å². The summed E-state index contributed by atoms with van der Waals surface area (Å²) in [5.74, 6) is 0.199. The summed E-state index contributed by atoms with van der Waals surface area (Å²) in [6, 6.07) is -0.933. The largest absolute Gasteiger partial charge is 0.480 e. The average Bonchev–Trinajstić information content (AvgIpc) is 3.00. The number of nitrogens with one attached hydrogen (secondary N) is 1. The number of fused-ring (bicyclic) bond motifs is 5. The Labute approximate surface area is 203 Å². The molecule has 7 atom stereocenters. The molecule has 0 spiro atoms. The quantitative estimate of drug-likeness (QED) is 0.498. The van der Waals surface area contributed by atoms with Crippen LogP contribution in [0.4, 0.5) is 0 Å². The lowest BCUT2D eigenvalue weighted by Crippen LogP contribution is -2.53. The third-order valence-electron chi connectivity index (χ3n) is 10.2. The molecule has 3 fully saturated rings. The van der Waals surface area contributed by atoms with Crippen LogP contribution in [-0.2, 0) is 14.4 Å². The van der Waals surface area contributed by atoms with Crippen LogP contribution in [0.1, 0.15) is 86.0 Å². The Morgan fingerprint density at radius 3 is 2.50 bits per heavy atom. The molecule has 0 aromatic heterocycles. The number of carbonyl (C=O) groups is 2. The van der Waals surface area contributed by atoms with Crippen molar-refractivity contribution in [1.29, 1.82) is 0 Å². The van der Waals surface area contributed by atoms with Gasteiger partial charge in [0.25, 0.3) is 5.91 Å². The predicted molar refractivity (Wildman–Crippen MR) is 130 cm³/mol. The van der Waals surface area contributed by atoms with E-state index < -0.39 is 23.5 Å². The number of allylic oxidation sites excluding steroid dienone is 2. The van der Waals surface area contributed by atoms with Crippen molar-refractivity contribution in [1.82, 2.24) is 5.32 Å². The zero-order valence-corrected chi connectivity index (χ0v) is 21.4. The molecule has 7 heteroatoms. The van der Waals surface area contributed by atoms with Gasteiger partial charge in [-0.15, -0.1) is 0 Å². The van der Waals surface area contributed by atoms with E-state index >= 15 is 0 Å². The summed E-state index contributed by atoms with van der Waals surface area (Å²) in [7, 11) is 0. The van der Waals surface area contributed by atoms with E-state index in [2.05, 4.69) is 37.3 Å². The van der Waals surface area contributed by atoms with Crippen molar-refractivity contribution < 1.29 is 24.6 Å². The van der Waals surface area contributed by atoms with E-state index in [-0.39, 0.29) is 23.4 Å². The molecule has 0 heterocycles. The number of hydrogen-bond donors (Lipinski definition) is 3. The normalized spacial score (nSPS) is 41.2. The summed E-state index contributed by atoms with van der Waals surface area (Å²) in [4.78, 5) is 28.7. The Balaban J connectivity index is 1.40. The molecule has 0 unspecified atom stereocenters. The summed E-state index contributed by atoms with van der Waals surface area (Å²) in [6.45, 7) is 10.0. The van der Waals surface area contributed by atoms with Crippen LogP contribution in [0.25, 0.3) is 0 Å². The van der Waals surface area contributed by atoms with Crippen LogP contribution in [-0.4, -0.2) is 46.1 Å². The average molecular weight is 475 g/mol. The molecular formula is C27H42N2O5. The number of hydrogen-bond acceptors (Lipinski definition) is 5. The Morgan fingerprint density at radius 2 is 1.82 bits per heavy atom. The molecule has 4 rings (SSSR count). The van der Waals surface area contributed by atoms with Gasteiger partial charge in [0.1, 0.15) is 6.04 Å². The molecule has 7 nitrogen and oxygen atoms in total. The monoisotopic (exact) mass is 474 g/mol. The Hall–Kier alpha value is -1.89. The van der Waals surface area contributed by atoms with Gasteiger partial charge in [-0.3, -0.25) is 4.79 Å². The predicted octanol–water partition coefficient (Wildman–Crippen LogP) is 4.30. The standard InChI is InChI=1S/C27H42N2O5/c1-16(2)23(24(31)32)28-22(30)15-34-29-18-8-11-25(3)17(14-18)6-7-19-20(25)9-12-26(4)21(19)10-13-27(26,5)33/h14,16,19-21,23,33H,6-13,15H2,1-5H3,(H,28,30)(H,31,32)/b29-18-/t19-,20+,21+,23+,25+,26+,27+/m1/s1. The highest BCUT2D eigenvalue weighted by atomic mass is 16.6. The highest BCUT2D eigenvalue weighted by molar-refractivity contribution is 5.96. The molecule has 0 saturated heterocycles. The molecule has 0 aliphatic heterocycles. The Morgan fingerprint density at radius 1 is 1.12 bits per heavy atom. The number of carboxylic acids is 1.